The molecule has 5 aromatic rings. The zero-order valence-electron chi connectivity index (χ0n) is 28.0. The van der Waals surface area contributed by atoms with Crippen molar-refractivity contribution in [2.45, 2.75) is 69.3 Å². The van der Waals surface area contributed by atoms with Crippen molar-refractivity contribution in [3.63, 3.8) is 0 Å². The van der Waals surface area contributed by atoms with Gasteiger partial charge in [-0.15, -0.1) is 0 Å². The Balaban J connectivity index is 1.34. The van der Waals surface area contributed by atoms with Crippen molar-refractivity contribution >= 4 is 11.6 Å². The monoisotopic (exact) mass is 749 g/mol. The number of halogens is 8. The van der Waals surface area contributed by atoms with Gasteiger partial charge in [0, 0.05) is 61.2 Å². The Hall–Kier alpha value is -5.78. The first kappa shape index (κ1) is 36.6. The fraction of sp³-hybridized carbons (Fsp3) is 0.282. The summed E-state index contributed by atoms with van der Waals surface area (Å²) >= 11 is 0. The van der Waals surface area contributed by atoms with Gasteiger partial charge < -0.3 is 0 Å². The fourth-order valence-electron chi connectivity index (χ4n) is 7.03. The maximum Gasteiger partial charge on any atom is 0.290 e. The number of carbonyl (C=O) groups excluding carboxylic acids is 2. The van der Waals surface area contributed by atoms with E-state index in [2.05, 4.69) is 26.9 Å². The van der Waals surface area contributed by atoms with Crippen LogP contribution < -0.4 is 0 Å². The second-order valence-electron chi connectivity index (χ2n) is 13.2. The van der Waals surface area contributed by atoms with E-state index in [4.69, 9.17) is 4.98 Å². The predicted molar refractivity (Wildman–Crippen MR) is 177 cm³/mol. The van der Waals surface area contributed by atoms with Crippen molar-refractivity contribution < 1.29 is 44.7 Å². The van der Waals surface area contributed by atoms with E-state index in [1.807, 2.05) is 0 Å². The van der Waals surface area contributed by atoms with Crippen molar-refractivity contribution in [1.29, 1.82) is 0 Å². The molecule has 3 aromatic heterocycles. The van der Waals surface area contributed by atoms with Gasteiger partial charge >= 0.3 is 0 Å². The molecule has 0 bridgehead atoms. The number of hydrogen-bond acceptors (Lipinski definition) is 6. The lowest BCUT2D eigenvalue weighted by atomic mass is 9.86. The molecule has 0 fully saturated rings. The molecule has 0 saturated heterocycles. The van der Waals surface area contributed by atoms with Gasteiger partial charge in [0.2, 0.25) is 0 Å². The number of alkyl halides is 6. The molecule has 7 rings (SSSR count). The smallest absolute Gasteiger partial charge is 0.290 e. The maximum absolute atomic E-state index is 15.1. The average Bonchev–Trinajstić information content (AvgIpc) is 3.71. The molecule has 2 aliphatic carbocycles. The molecule has 0 unspecified atom stereocenters. The molecular weight excluding hydrogens is 722 g/mol. The van der Waals surface area contributed by atoms with Crippen LogP contribution in [0.2, 0.25) is 0 Å². The third-order valence-corrected chi connectivity index (χ3v) is 9.41. The summed E-state index contributed by atoms with van der Waals surface area (Å²) < 4.78 is 117. The third kappa shape index (κ3) is 7.37. The van der Waals surface area contributed by atoms with Gasteiger partial charge in [-0.2, -0.15) is 13.9 Å². The number of fused-ring (bicyclic) bond motifs is 2. The van der Waals surface area contributed by atoms with E-state index in [9.17, 15) is 35.9 Å². The molecule has 15 heteroatoms. The van der Waals surface area contributed by atoms with Crippen LogP contribution in [-0.4, -0.2) is 36.3 Å². The number of ketones is 2. The number of pyridine rings is 1. The Morgan fingerprint density at radius 3 is 2.30 bits per heavy atom. The molecule has 2 aromatic carbocycles. The van der Waals surface area contributed by atoms with Crippen LogP contribution in [0.25, 0.3) is 11.1 Å². The van der Waals surface area contributed by atoms with Crippen molar-refractivity contribution in [2.24, 2.45) is 0 Å². The minimum Gasteiger partial charge on any atom is -0.298 e. The largest absolute Gasteiger partial charge is 0.298 e. The molecule has 7 nitrogen and oxygen atoms in total. The van der Waals surface area contributed by atoms with Crippen molar-refractivity contribution in [1.82, 2.24) is 24.7 Å². The van der Waals surface area contributed by atoms with E-state index in [1.54, 1.807) is 30.3 Å². The lowest BCUT2D eigenvalue weighted by molar-refractivity contribution is -0.121. The summed E-state index contributed by atoms with van der Waals surface area (Å²) in [4.78, 5) is 39.1. The number of carbonyl (C=O) groups is 2. The van der Waals surface area contributed by atoms with E-state index < -0.39 is 84.4 Å². The van der Waals surface area contributed by atoms with Crippen LogP contribution in [0.15, 0.2) is 67.3 Å². The zero-order valence-corrected chi connectivity index (χ0v) is 28.0. The number of aryl methyl sites for hydroxylation is 1. The Labute approximate surface area is 302 Å². The number of nitrogens with zero attached hydrogens (tertiary/aromatic N) is 5. The summed E-state index contributed by atoms with van der Waals surface area (Å²) in [5.74, 6) is -6.19. The topological polar surface area (TPSA) is 90.6 Å². The number of benzene rings is 2. The third-order valence-electron chi connectivity index (χ3n) is 9.41. The quantitative estimate of drug-likeness (QED) is 0.111. The number of aromatic nitrogens is 5. The van der Waals surface area contributed by atoms with Gasteiger partial charge in [0.1, 0.15) is 41.6 Å². The molecule has 0 radical (unpaired) electrons. The lowest BCUT2D eigenvalue weighted by Crippen LogP contribution is -2.33. The van der Waals surface area contributed by atoms with Crippen LogP contribution in [0.3, 0.4) is 0 Å². The molecule has 0 saturated carbocycles. The summed E-state index contributed by atoms with van der Waals surface area (Å²) in [7, 11) is 0. The van der Waals surface area contributed by atoms with Crippen LogP contribution in [-0.2, 0) is 36.0 Å². The molecular formula is C39H27F8N5O2. The molecule has 1 atom stereocenters. The Kier molecular flexibility index (Phi) is 9.63. The summed E-state index contributed by atoms with van der Waals surface area (Å²) in [6, 6.07) is 11.1. The van der Waals surface area contributed by atoms with Crippen LogP contribution in [0.1, 0.15) is 93.4 Å². The SMILES string of the molecule is O=C(C[C@@H](Cc1cc(F)cc(F)c1)c1nc(C#Cc2cncnc2)ccc1-c1ccc2c(c1)C(=O)CC2)Cn1nc(C(F)F)c2c1C(F)(F)CCC2(F)F. The minimum atomic E-state index is -4.04. The minimum absolute atomic E-state index is 0.0796. The first-order valence-corrected chi connectivity index (χ1v) is 16.7. The van der Waals surface area contributed by atoms with Gasteiger partial charge in [-0.1, -0.05) is 18.1 Å². The summed E-state index contributed by atoms with van der Waals surface area (Å²) in [6.07, 6.45) is -2.12. The summed E-state index contributed by atoms with van der Waals surface area (Å²) in [5.41, 5.74) is -1.49. The van der Waals surface area contributed by atoms with Crippen LogP contribution >= 0.6 is 0 Å². The standard InChI is InChI=1S/C39H27F8N5O2/c40-26-12-22(13-27(41)16-26)11-25(14-29(53)19-52-36-33(35(51-52)37(42)43)38(44,45)9-10-39(36,46)47)34-30(24-3-2-23-4-8-32(54)31(23)15-24)7-6-28(50-34)5-1-21-17-48-20-49-18-21/h2-3,6-7,12-13,15-18,20,25,37H,4,8-11,14,19H2/t25-/m1/s1. The first-order valence-electron chi connectivity index (χ1n) is 16.7. The Morgan fingerprint density at radius 2 is 1.57 bits per heavy atom. The van der Waals surface area contributed by atoms with Gasteiger partial charge in [0.25, 0.3) is 18.3 Å². The van der Waals surface area contributed by atoms with Gasteiger partial charge in [0.05, 0.1) is 16.8 Å². The number of rotatable bonds is 9. The maximum atomic E-state index is 15.1. The molecule has 276 valence electrons. The number of hydrogen-bond donors (Lipinski definition) is 0. The van der Waals surface area contributed by atoms with Gasteiger partial charge in [-0.25, -0.2) is 41.3 Å². The number of Topliss-reactive ketones (excluding diaryl/α,β-unsaturated/α-hetero) is 2. The van der Waals surface area contributed by atoms with E-state index >= 15 is 8.78 Å². The fourth-order valence-corrected chi connectivity index (χ4v) is 7.03. The van der Waals surface area contributed by atoms with E-state index in [1.165, 1.54) is 18.7 Å². The van der Waals surface area contributed by atoms with Crippen molar-refractivity contribution in [3.8, 4) is 23.0 Å². The summed E-state index contributed by atoms with van der Waals surface area (Å²) in [5, 5.41) is 3.39. The molecule has 2 aliphatic rings. The Morgan fingerprint density at radius 1 is 0.852 bits per heavy atom. The van der Waals surface area contributed by atoms with Gasteiger partial charge in [-0.3, -0.25) is 14.3 Å². The zero-order chi connectivity index (χ0) is 38.4. The van der Waals surface area contributed by atoms with Crippen molar-refractivity contribution in [2.75, 3.05) is 0 Å². The normalized spacial score (nSPS) is 16.1. The van der Waals surface area contributed by atoms with Crippen LogP contribution in [0, 0.1) is 23.5 Å². The van der Waals surface area contributed by atoms with E-state index in [0.29, 0.717) is 41.2 Å². The highest BCUT2D eigenvalue weighted by molar-refractivity contribution is 6.01. The van der Waals surface area contributed by atoms with Crippen LogP contribution in [0.5, 0.6) is 0 Å². The van der Waals surface area contributed by atoms with E-state index in [0.717, 1.165) is 17.7 Å². The highest BCUT2D eigenvalue weighted by Gasteiger charge is 2.55. The van der Waals surface area contributed by atoms with Crippen LogP contribution in [0.4, 0.5) is 35.1 Å². The average molecular weight is 750 g/mol. The lowest BCUT2D eigenvalue weighted by Gasteiger charge is -2.29. The predicted octanol–water partition coefficient (Wildman–Crippen LogP) is 8.44. The molecule has 0 amide bonds. The molecule has 0 N–H and O–H groups in total. The molecule has 0 aliphatic heterocycles. The Bertz CT molecular complexity index is 2330. The van der Waals surface area contributed by atoms with Gasteiger partial charge in [-0.05, 0) is 65.8 Å². The van der Waals surface area contributed by atoms with Crippen molar-refractivity contribution in [3.05, 3.63) is 129 Å². The highest BCUT2D eigenvalue weighted by atomic mass is 19.3. The first-order chi connectivity index (χ1) is 25.7. The second kappa shape index (κ2) is 14.2. The molecule has 0 spiro atoms. The second-order valence-corrected chi connectivity index (χ2v) is 13.2. The van der Waals surface area contributed by atoms with Gasteiger partial charge in [0.15, 0.2) is 11.6 Å². The summed E-state index contributed by atoms with van der Waals surface area (Å²) in [6.45, 7) is -1.09. The van der Waals surface area contributed by atoms with E-state index in [-0.39, 0.29) is 33.8 Å². The molecule has 3 heterocycles. The molecule has 54 heavy (non-hydrogen) atoms. The highest BCUT2D eigenvalue weighted by Crippen LogP contribution is 2.52.